The second-order valence-corrected chi connectivity index (χ2v) is 6.57. The highest BCUT2D eigenvalue weighted by molar-refractivity contribution is 5.96. The predicted molar refractivity (Wildman–Crippen MR) is 105 cm³/mol. The fraction of sp³-hybridized carbons (Fsp3) is 0.250. The Kier molecular flexibility index (Phi) is 5.19. The summed E-state index contributed by atoms with van der Waals surface area (Å²) in [6, 6.07) is 10.3. The maximum Gasteiger partial charge on any atom is 0.337 e. The standard InChI is InChI=1S/C20H20N6O3/c1-29-20(28)16-4-2-15(3-5-16)19(27)25-12-10-24(11-13-25)17-6-7-18(23-22-17)26-9-8-21-14-26/h2-9,14H,10-13H2,1H3. The zero-order valence-electron chi connectivity index (χ0n) is 15.9. The Labute approximate surface area is 167 Å². The molecule has 1 fully saturated rings. The molecule has 0 aliphatic carbocycles. The number of ether oxygens (including phenoxy) is 1. The van der Waals surface area contributed by atoms with Crippen molar-refractivity contribution in [2.75, 3.05) is 38.2 Å². The third kappa shape index (κ3) is 3.93. The first kappa shape index (κ1) is 18.6. The van der Waals surface area contributed by atoms with Gasteiger partial charge in [0.05, 0.1) is 12.7 Å². The van der Waals surface area contributed by atoms with Crippen molar-refractivity contribution in [1.29, 1.82) is 0 Å². The first-order valence-corrected chi connectivity index (χ1v) is 9.20. The summed E-state index contributed by atoms with van der Waals surface area (Å²) >= 11 is 0. The van der Waals surface area contributed by atoms with Crippen LogP contribution in [0.2, 0.25) is 0 Å². The van der Waals surface area contributed by atoms with E-state index in [0.29, 0.717) is 43.1 Å². The van der Waals surface area contributed by atoms with Crippen LogP contribution in [0, 0.1) is 0 Å². The molecule has 4 rings (SSSR count). The molecule has 9 heteroatoms. The third-order valence-corrected chi connectivity index (χ3v) is 4.85. The first-order chi connectivity index (χ1) is 14.2. The number of amides is 1. The molecule has 0 N–H and O–H groups in total. The van der Waals surface area contributed by atoms with Crippen LogP contribution in [0.3, 0.4) is 0 Å². The third-order valence-electron chi connectivity index (χ3n) is 4.85. The normalized spacial score (nSPS) is 14.0. The van der Waals surface area contributed by atoms with E-state index in [-0.39, 0.29) is 5.91 Å². The number of methoxy groups -OCH3 is 1. The Morgan fingerprint density at radius 1 is 0.897 bits per heavy atom. The second-order valence-electron chi connectivity index (χ2n) is 6.57. The lowest BCUT2D eigenvalue weighted by atomic mass is 10.1. The number of imidazole rings is 1. The molecule has 1 aliphatic rings. The summed E-state index contributed by atoms with van der Waals surface area (Å²) in [5.74, 6) is 1.01. The summed E-state index contributed by atoms with van der Waals surface area (Å²) in [6.07, 6.45) is 5.17. The van der Waals surface area contributed by atoms with E-state index < -0.39 is 5.97 Å². The van der Waals surface area contributed by atoms with Crippen molar-refractivity contribution in [3.05, 3.63) is 66.2 Å². The van der Waals surface area contributed by atoms with Crippen molar-refractivity contribution in [2.45, 2.75) is 0 Å². The highest BCUT2D eigenvalue weighted by Gasteiger charge is 2.23. The van der Waals surface area contributed by atoms with E-state index in [4.69, 9.17) is 0 Å². The number of hydrogen-bond donors (Lipinski definition) is 0. The molecular formula is C20H20N6O3. The van der Waals surface area contributed by atoms with Crippen LogP contribution in [0.5, 0.6) is 0 Å². The lowest BCUT2D eigenvalue weighted by Crippen LogP contribution is -2.49. The molecular weight excluding hydrogens is 372 g/mol. The maximum absolute atomic E-state index is 12.7. The number of anilines is 1. The molecule has 148 valence electrons. The Hall–Kier alpha value is -3.75. The van der Waals surface area contributed by atoms with Gasteiger partial charge in [-0.3, -0.25) is 9.36 Å². The number of carbonyl (C=O) groups is 2. The van der Waals surface area contributed by atoms with Gasteiger partial charge in [-0.2, -0.15) is 0 Å². The summed E-state index contributed by atoms with van der Waals surface area (Å²) in [7, 11) is 1.33. The lowest BCUT2D eigenvalue weighted by Gasteiger charge is -2.35. The molecule has 0 unspecified atom stereocenters. The SMILES string of the molecule is COC(=O)c1ccc(C(=O)N2CCN(c3ccc(-n4ccnc4)nn3)CC2)cc1. The van der Waals surface area contributed by atoms with Gasteiger partial charge in [0.25, 0.3) is 5.91 Å². The van der Waals surface area contributed by atoms with Crippen LogP contribution in [0.15, 0.2) is 55.1 Å². The van der Waals surface area contributed by atoms with Gasteiger partial charge in [-0.1, -0.05) is 0 Å². The van der Waals surface area contributed by atoms with E-state index in [9.17, 15) is 9.59 Å². The molecule has 3 heterocycles. The van der Waals surface area contributed by atoms with Gasteiger partial charge < -0.3 is 14.5 Å². The largest absolute Gasteiger partial charge is 0.465 e. The van der Waals surface area contributed by atoms with E-state index in [1.165, 1.54) is 7.11 Å². The van der Waals surface area contributed by atoms with Crippen LogP contribution in [0.25, 0.3) is 5.82 Å². The second kappa shape index (κ2) is 8.09. The average molecular weight is 392 g/mol. The van der Waals surface area contributed by atoms with Gasteiger partial charge in [0.1, 0.15) is 6.33 Å². The first-order valence-electron chi connectivity index (χ1n) is 9.20. The monoisotopic (exact) mass is 392 g/mol. The number of nitrogens with zero attached hydrogens (tertiary/aromatic N) is 6. The van der Waals surface area contributed by atoms with Crippen LogP contribution in [0.4, 0.5) is 5.82 Å². The molecule has 3 aromatic rings. The smallest absolute Gasteiger partial charge is 0.337 e. The fourth-order valence-corrected chi connectivity index (χ4v) is 3.21. The van der Waals surface area contributed by atoms with Crippen molar-refractivity contribution in [3.63, 3.8) is 0 Å². The van der Waals surface area contributed by atoms with Gasteiger partial charge in [0.2, 0.25) is 0 Å². The Bertz CT molecular complexity index is 978. The molecule has 29 heavy (non-hydrogen) atoms. The Morgan fingerprint density at radius 2 is 1.55 bits per heavy atom. The van der Waals surface area contributed by atoms with Gasteiger partial charge >= 0.3 is 5.97 Å². The topological polar surface area (TPSA) is 93.5 Å². The molecule has 1 amide bonds. The summed E-state index contributed by atoms with van der Waals surface area (Å²) < 4.78 is 6.47. The molecule has 9 nitrogen and oxygen atoms in total. The zero-order chi connectivity index (χ0) is 20.2. The summed E-state index contributed by atoms with van der Waals surface area (Å²) in [5, 5.41) is 8.54. The molecule has 1 aliphatic heterocycles. The number of rotatable bonds is 4. The van der Waals surface area contributed by atoms with Gasteiger partial charge in [0.15, 0.2) is 11.6 Å². The molecule has 0 spiro atoms. The van der Waals surface area contributed by atoms with Crippen molar-refractivity contribution in [3.8, 4) is 5.82 Å². The molecule has 0 saturated carbocycles. The molecule has 0 radical (unpaired) electrons. The molecule has 1 aromatic carbocycles. The van der Waals surface area contributed by atoms with Gasteiger partial charge in [0, 0.05) is 44.1 Å². The van der Waals surface area contributed by atoms with Crippen LogP contribution in [0.1, 0.15) is 20.7 Å². The van der Waals surface area contributed by atoms with E-state index in [2.05, 4.69) is 24.8 Å². The number of carbonyl (C=O) groups excluding carboxylic acids is 2. The summed E-state index contributed by atoms with van der Waals surface area (Å²) in [5.41, 5.74) is 0.974. The van der Waals surface area contributed by atoms with Crippen molar-refractivity contribution in [2.24, 2.45) is 0 Å². The minimum Gasteiger partial charge on any atom is -0.465 e. The minimum absolute atomic E-state index is 0.0531. The van der Waals surface area contributed by atoms with E-state index in [1.54, 1.807) is 46.3 Å². The number of esters is 1. The van der Waals surface area contributed by atoms with E-state index in [0.717, 1.165) is 5.82 Å². The fourth-order valence-electron chi connectivity index (χ4n) is 3.21. The quantitative estimate of drug-likeness (QED) is 0.620. The average Bonchev–Trinajstić information content (AvgIpc) is 3.33. The molecule has 1 saturated heterocycles. The Balaban J connectivity index is 1.36. The van der Waals surface area contributed by atoms with Crippen molar-refractivity contribution >= 4 is 17.7 Å². The van der Waals surface area contributed by atoms with Crippen molar-refractivity contribution < 1.29 is 14.3 Å². The van der Waals surface area contributed by atoms with Crippen LogP contribution < -0.4 is 4.90 Å². The van der Waals surface area contributed by atoms with Crippen LogP contribution in [-0.2, 0) is 4.74 Å². The summed E-state index contributed by atoms with van der Waals surface area (Å²) in [6.45, 7) is 2.52. The predicted octanol–water partition coefficient (Wildman–Crippen LogP) is 1.41. The highest BCUT2D eigenvalue weighted by Crippen LogP contribution is 2.16. The molecule has 0 bridgehead atoms. The zero-order valence-corrected chi connectivity index (χ0v) is 15.9. The highest BCUT2D eigenvalue weighted by atomic mass is 16.5. The number of benzene rings is 1. The summed E-state index contributed by atoms with van der Waals surface area (Å²) in [4.78, 5) is 32.2. The van der Waals surface area contributed by atoms with Gasteiger partial charge in [-0.05, 0) is 36.4 Å². The lowest BCUT2D eigenvalue weighted by molar-refractivity contribution is 0.0599. The number of piperazine rings is 1. The van der Waals surface area contributed by atoms with Crippen LogP contribution in [-0.4, -0.2) is 69.8 Å². The molecule has 2 aromatic heterocycles. The minimum atomic E-state index is -0.419. The van der Waals surface area contributed by atoms with Gasteiger partial charge in [-0.25, -0.2) is 9.78 Å². The maximum atomic E-state index is 12.7. The van der Waals surface area contributed by atoms with E-state index in [1.807, 2.05) is 18.3 Å². The number of hydrogen-bond acceptors (Lipinski definition) is 7. The Morgan fingerprint density at radius 3 is 2.14 bits per heavy atom. The van der Waals surface area contributed by atoms with Gasteiger partial charge in [-0.15, -0.1) is 10.2 Å². The van der Waals surface area contributed by atoms with E-state index >= 15 is 0 Å². The van der Waals surface area contributed by atoms with Crippen molar-refractivity contribution in [1.82, 2.24) is 24.6 Å². The van der Waals surface area contributed by atoms with Crippen LogP contribution >= 0.6 is 0 Å². The molecule has 0 atom stereocenters. The number of aromatic nitrogens is 4.